The van der Waals surface area contributed by atoms with Crippen molar-refractivity contribution >= 4 is 17.9 Å². The zero-order valence-corrected chi connectivity index (χ0v) is 12.1. The third-order valence-electron chi connectivity index (χ3n) is 2.50. The van der Waals surface area contributed by atoms with Crippen LogP contribution in [0, 0.1) is 0 Å². The molecule has 4 nitrogen and oxygen atoms in total. The number of hydrogen-bond donors (Lipinski definition) is 2. The highest BCUT2D eigenvalue weighted by Gasteiger charge is 1.96. The summed E-state index contributed by atoms with van der Waals surface area (Å²) < 4.78 is 0. The van der Waals surface area contributed by atoms with Crippen molar-refractivity contribution in [3.63, 3.8) is 0 Å². The Morgan fingerprint density at radius 1 is 1.38 bits per heavy atom. The van der Waals surface area contributed by atoms with E-state index in [1.807, 2.05) is 43.5 Å². The van der Waals surface area contributed by atoms with Crippen molar-refractivity contribution < 1.29 is 9.90 Å². The number of allylic oxidation sites excluding steroid dienone is 2. The molecule has 1 aromatic rings. The van der Waals surface area contributed by atoms with E-state index in [2.05, 4.69) is 16.9 Å². The molecular weight excluding hydrogens is 264 g/mol. The van der Waals surface area contributed by atoms with Gasteiger partial charge in [-0.2, -0.15) is 0 Å². The maximum absolute atomic E-state index is 10.4. The first kappa shape index (κ1) is 16.4. The quantitative estimate of drug-likeness (QED) is 0.565. The zero-order valence-electron chi connectivity index (χ0n) is 12.1. The molecule has 0 radical (unpaired) electrons. The molecule has 0 aliphatic rings. The van der Waals surface area contributed by atoms with Crippen LogP contribution in [-0.4, -0.2) is 23.8 Å². The normalized spacial score (nSPS) is 12.0. The largest absolute Gasteiger partial charge is 0.481 e. The summed E-state index contributed by atoms with van der Waals surface area (Å²) in [6.45, 7) is 6.21. The molecule has 0 bridgehead atoms. The van der Waals surface area contributed by atoms with Crippen molar-refractivity contribution in [3.8, 4) is 0 Å². The van der Waals surface area contributed by atoms with E-state index in [1.165, 1.54) is 0 Å². The average Bonchev–Trinajstić information content (AvgIpc) is 2.45. The number of anilines is 1. The van der Waals surface area contributed by atoms with Crippen molar-refractivity contribution in [3.05, 3.63) is 66.4 Å². The summed E-state index contributed by atoms with van der Waals surface area (Å²) in [5.74, 6) is -0.882. The van der Waals surface area contributed by atoms with Crippen LogP contribution in [0.2, 0.25) is 0 Å². The van der Waals surface area contributed by atoms with Crippen LogP contribution < -0.4 is 5.32 Å². The van der Waals surface area contributed by atoms with Crippen LogP contribution in [-0.2, 0) is 4.79 Å². The second kappa shape index (κ2) is 9.31. The number of carboxylic acids is 1. The number of aliphatic carboxylic acids is 1. The van der Waals surface area contributed by atoms with Crippen molar-refractivity contribution in [2.24, 2.45) is 4.99 Å². The summed E-state index contributed by atoms with van der Waals surface area (Å²) in [5, 5.41) is 11.8. The van der Waals surface area contributed by atoms with Gasteiger partial charge < -0.3 is 10.4 Å². The molecule has 0 unspecified atom stereocenters. The lowest BCUT2D eigenvalue weighted by Gasteiger charge is -2.01. The molecule has 0 spiro atoms. The van der Waals surface area contributed by atoms with Crippen molar-refractivity contribution in [1.29, 1.82) is 0 Å². The minimum absolute atomic E-state index is 0.0513. The molecule has 0 aromatic heterocycles. The Bertz CT molecular complexity index is 557. The molecule has 0 amide bonds. The fourth-order valence-corrected chi connectivity index (χ4v) is 1.48. The fourth-order valence-electron chi connectivity index (χ4n) is 1.48. The van der Waals surface area contributed by atoms with E-state index in [9.17, 15) is 4.79 Å². The van der Waals surface area contributed by atoms with Gasteiger partial charge in [-0.1, -0.05) is 30.9 Å². The van der Waals surface area contributed by atoms with Gasteiger partial charge in [-0.05, 0) is 36.3 Å². The molecule has 0 saturated carbocycles. The molecule has 2 N–H and O–H groups in total. The zero-order chi connectivity index (χ0) is 15.5. The fraction of sp³-hybridized carbons (Fsp3) is 0.176. The summed E-state index contributed by atoms with van der Waals surface area (Å²) in [6.07, 6.45) is 6.86. The Morgan fingerprint density at radius 3 is 2.76 bits per heavy atom. The Morgan fingerprint density at radius 2 is 2.10 bits per heavy atom. The number of aliphatic imine (C=N–C) groups is 1. The van der Waals surface area contributed by atoms with Crippen LogP contribution in [0.25, 0.3) is 0 Å². The van der Waals surface area contributed by atoms with Gasteiger partial charge in [0.25, 0.3) is 0 Å². The molecule has 0 saturated heterocycles. The van der Waals surface area contributed by atoms with Gasteiger partial charge in [0.1, 0.15) is 0 Å². The van der Waals surface area contributed by atoms with E-state index in [-0.39, 0.29) is 6.42 Å². The first-order valence-corrected chi connectivity index (χ1v) is 6.61. The van der Waals surface area contributed by atoms with Crippen LogP contribution in [0.5, 0.6) is 0 Å². The second-order valence-electron chi connectivity index (χ2n) is 4.58. The molecule has 0 aliphatic heterocycles. The van der Waals surface area contributed by atoms with Crippen LogP contribution in [0.3, 0.4) is 0 Å². The highest BCUT2D eigenvalue weighted by Crippen LogP contribution is 2.05. The summed E-state index contributed by atoms with van der Waals surface area (Å²) in [7, 11) is 0. The van der Waals surface area contributed by atoms with Gasteiger partial charge in [-0.25, -0.2) is 0 Å². The molecule has 0 heterocycles. The third-order valence-corrected chi connectivity index (χ3v) is 2.50. The predicted molar refractivity (Wildman–Crippen MR) is 87.7 cm³/mol. The standard InChI is InChI=1S/C17H20N2O2/c1-14(11-17(20)21)7-6-10-18-12-15(2)13-19-16-8-4-3-5-9-16/h3-10,13,19H,1,11-12H2,2H3,(H,20,21)/b7-6-,15-13+,18-10?. The van der Waals surface area contributed by atoms with Gasteiger partial charge in [0, 0.05) is 18.1 Å². The van der Waals surface area contributed by atoms with Crippen LogP contribution in [0.15, 0.2) is 71.4 Å². The maximum Gasteiger partial charge on any atom is 0.307 e. The number of carboxylic acid groups (broad SMARTS) is 1. The van der Waals surface area contributed by atoms with E-state index < -0.39 is 5.97 Å². The molecule has 21 heavy (non-hydrogen) atoms. The molecule has 110 valence electrons. The first-order chi connectivity index (χ1) is 10.1. The summed E-state index contributed by atoms with van der Waals surface area (Å²) in [4.78, 5) is 14.7. The van der Waals surface area contributed by atoms with E-state index in [4.69, 9.17) is 5.11 Å². The Balaban J connectivity index is 2.33. The van der Waals surface area contributed by atoms with Gasteiger partial charge in [0.2, 0.25) is 0 Å². The lowest BCUT2D eigenvalue weighted by molar-refractivity contribution is -0.136. The molecular formula is C17H20N2O2. The number of carbonyl (C=O) groups is 1. The Labute approximate surface area is 125 Å². The first-order valence-electron chi connectivity index (χ1n) is 6.61. The summed E-state index contributed by atoms with van der Waals surface area (Å²) in [6, 6.07) is 9.89. The molecule has 0 atom stereocenters. The highest BCUT2D eigenvalue weighted by molar-refractivity contribution is 5.74. The molecule has 0 fully saturated rings. The van der Waals surface area contributed by atoms with E-state index in [0.717, 1.165) is 11.3 Å². The van der Waals surface area contributed by atoms with Gasteiger partial charge in [0.05, 0.1) is 13.0 Å². The van der Waals surface area contributed by atoms with Crippen molar-refractivity contribution in [2.75, 3.05) is 11.9 Å². The Hall–Kier alpha value is -2.62. The van der Waals surface area contributed by atoms with E-state index >= 15 is 0 Å². The topological polar surface area (TPSA) is 61.7 Å². The number of nitrogens with zero attached hydrogens (tertiary/aromatic N) is 1. The second-order valence-corrected chi connectivity index (χ2v) is 4.58. The summed E-state index contributed by atoms with van der Waals surface area (Å²) in [5.41, 5.74) is 2.67. The van der Waals surface area contributed by atoms with Gasteiger partial charge >= 0.3 is 5.97 Å². The third kappa shape index (κ3) is 8.21. The SMILES string of the molecule is C=C(/C=C\C=NC/C(C)=C/Nc1ccccc1)CC(=O)O. The number of hydrogen-bond acceptors (Lipinski definition) is 3. The minimum Gasteiger partial charge on any atom is -0.481 e. The van der Waals surface area contributed by atoms with Crippen LogP contribution >= 0.6 is 0 Å². The minimum atomic E-state index is -0.882. The summed E-state index contributed by atoms with van der Waals surface area (Å²) >= 11 is 0. The van der Waals surface area contributed by atoms with E-state index in [0.29, 0.717) is 12.1 Å². The van der Waals surface area contributed by atoms with Gasteiger partial charge in [0.15, 0.2) is 0 Å². The van der Waals surface area contributed by atoms with E-state index in [1.54, 1.807) is 18.4 Å². The lowest BCUT2D eigenvalue weighted by Crippen LogP contribution is -1.94. The number of benzene rings is 1. The molecule has 4 heteroatoms. The molecule has 1 rings (SSSR count). The lowest BCUT2D eigenvalue weighted by atomic mass is 10.2. The Kier molecular flexibility index (Phi) is 7.29. The number of nitrogens with one attached hydrogen (secondary N) is 1. The highest BCUT2D eigenvalue weighted by atomic mass is 16.4. The van der Waals surface area contributed by atoms with Gasteiger partial charge in [-0.15, -0.1) is 0 Å². The van der Waals surface area contributed by atoms with Crippen molar-refractivity contribution in [1.82, 2.24) is 0 Å². The van der Waals surface area contributed by atoms with Crippen molar-refractivity contribution in [2.45, 2.75) is 13.3 Å². The maximum atomic E-state index is 10.4. The monoisotopic (exact) mass is 284 g/mol. The van der Waals surface area contributed by atoms with Crippen LogP contribution in [0.1, 0.15) is 13.3 Å². The van der Waals surface area contributed by atoms with Gasteiger partial charge in [-0.3, -0.25) is 9.79 Å². The number of rotatable bonds is 8. The average molecular weight is 284 g/mol. The predicted octanol–water partition coefficient (Wildman–Crippen LogP) is 3.66. The smallest absolute Gasteiger partial charge is 0.307 e. The van der Waals surface area contributed by atoms with Crippen LogP contribution in [0.4, 0.5) is 5.69 Å². The number of para-hydroxylation sites is 1. The molecule has 0 aliphatic carbocycles. The molecule has 1 aromatic carbocycles.